The van der Waals surface area contributed by atoms with Gasteiger partial charge < -0.3 is 0 Å². The van der Waals surface area contributed by atoms with E-state index in [1.54, 1.807) is 0 Å². The van der Waals surface area contributed by atoms with Crippen LogP contribution in [-0.4, -0.2) is 19.9 Å². The third-order valence-electron chi connectivity index (χ3n) is 9.64. The lowest BCUT2D eigenvalue weighted by molar-refractivity contribution is 1.07. The van der Waals surface area contributed by atoms with Gasteiger partial charge in [-0.15, -0.1) is 0 Å². The number of rotatable bonds is 8. The molecule has 0 aliphatic heterocycles. The fourth-order valence-corrected chi connectivity index (χ4v) is 6.81. The van der Waals surface area contributed by atoms with Gasteiger partial charge in [-0.25, -0.2) is 15.0 Å². The van der Waals surface area contributed by atoms with Gasteiger partial charge in [0.05, 0.1) is 0 Å². The Labute approximate surface area is 315 Å². The summed E-state index contributed by atoms with van der Waals surface area (Å²) >= 11 is 0. The van der Waals surface area contributed by atoms with Crippen molar-refractivity contribution >= 4 is 0 Å². The Kier molecular flexibility index (Phi) is 8.90. The molecule has 54 heavy (non-hydrogen) atoms. The van der Waals surface area contributed by atoms with Crippen LogP contribution in [0.2, 0.25) is 0 Å². The average molecular weight is 691 g/mol. The zero-order valence-corrected chi connectivity index (χ0v) is 29.4. The van der Waals surface area contributed by atoms with E-state index >= 15 is 0 Å². The van der Waals surface area contributed by atoms with Crippen molar-refractivity contribution in [1.29, 1.82) is 0 Å². The van der Waals surface area contributed by atoms with E-state index in [0.29, 0.717) is 17.5 Å². The van der Waals surface area contributed by atoms with Crippen molar-refractivity contribution in [3.63, 3.8) is 0 Å². The van der Waals surface area contributed by atoms with Crippen LogP contribution in [0.15, 0.2) is 207 Å². The molecule has 0 fully saturated rings. The van der Waals surface area contributed by atoms with Crippen molar-refractivity contribution in [2.24, 2.45) is 0 Å². The van der Waals surface area contributed by atoms with Crippen molar-refractivity contribution in [2.45, 2.75) is 0 Å². The summed E-state index contributed by atoms with van der Waals surface area (Å²) in [6, 6.07) is 67.7. The van der Waals surface area contributed by atoms with Gasteiger partial charge in [0, 0.05) is 29.1 Å². The van der Waals surface area contributed by atoms with Gasteiger partial charge in [-0.3, -0.25) is 4.98 Å². The summed E-state index contributed by atoms with van der Waals surface area (Å²) in [7, 11) is 0. The lowest BCUT2D eigenvalue weighted by Crippen LogP contribution is -2.00. The molecule has 0 saturated heterocycles. The normalized spacial score (nSPS) is 11.0. The number of nitrogens with zero attached hydrogens (tertiary/aromatic N) is 4. The summed E-state index contributed by atoms with van der Waals surface area (Å²) in [6.07, 6.45) is 3.62. The van der Waals surface area contributed by atoms with Crippen molar-refractivity contribution in [1.82, 2.24) is 19.9 Å². The Morgan fingerprint density at radius 2 is 0.481 bits per heavy atom. The minimum atomic E-state index is 0.625. The molecule has 0 radical (unpaired) electrons. The van der Waals surface area contributed by atoms with E-state index in [2.05, 4.69) is 157 Å². The third-order valence-corrected chi connectivity index (χ3v) is 9.64. The maximum absolute atomic E-state index is 5.03. The van der Waals surface area contributed by atoms with Crippen LogP contribution < -0.4 is 0 Å². The summed E-state index contributed by atoms with van der Waals surface area (Å²) < 4.78 is 0. The summed E-state index contributed by atoms with van der Waals surface area (Å²) in [5.41, 5.74) is 14.3. The maximum Gasteiger partial charge on any atom is 0.164 e. The van der Waals surface area contributed by atoms with Crippen LogP contribution in [0, 0.1) is 0 Å². The fraction of sp³-hybridized carbons (Fsp3) is 0. The van der Waals surface area contributed by atoms with Crippen LogP contribution in [-0.2, 0) is 0 Å². The minimum absolute atomic E-state index is 0.625. The molecule has 254 valence electrons. The van der Waals surface area contributed by atoms with Gasteiger partial charge in [-0.2, -0.15) is 0 Å². The Bertz CT molecular complexity index is 2690. The van der Waals surface area contributed by atoms with E-state index in [-0.39, 0.29) is 0 Å². The molecule has 4 nitrogen and oxygen atoms in total. The van der Waals surface area contributed by atoms with E-state index in [9.17, 15) is 0 Å². The Morgan fingerprint density at radius 3 is 0.944 bits per heavy atom. The molecule has 7 aromatic carbocycles. The minimum Gasteiger partial charge on any atom is -0.265 e. The van der Waals surface area contributed by atoms with Crippen LogP contribution in [0.3, 0.4) is 0 Å². The van der Waals surface area contributed by atoms with Crippen molar-refractivity contribution < 1.29 is 0 Å². The molecule has 9 rings (SSSR count). The van der Waals surface area contributed by atoms with Gasteiger partial charge in [0.2, 0.25) is 0 Å². The summed E-state index contributed by atoms with van der Waals surface area (Å²) in [5, 5.41) is 0. The molecule has 0 aliphatic rings. The van der Waals surface area contributed by atoms with E-state index in [0.717, 1.165) is 44.5 Å². The van der Waals surface area contributed by atoms with E-state index in [1.165, 1.54) is 27.8 Å². The van der Waals surface area contributed by atoms with Gasteiger partial charge in [-0.1, -0.05) is 158 Å². The second-order valence-electron chi connectivity index (χ2n) is 13.2. The molecule has 4 heteroatoms. The molecule has 0 spiro atoms. The topological polar surface area (TPSA) is 51.6 Å². The van der Waals surface area contributed by atoms with Gasteiger partial charge in [0.15, 0.2) is 17.5 Å². The molecule has 0 N–H and O–H groups in total. The monoisotopic (exact) mass is 690 g/mol. The highest BCUT2D eigenvalue weighted by atomic mass is 15.0. The zero-order valence-electron chi connectivity index (χ0n) is 29.4. The van der Waals surface area contributed by atoms with Crippen molar-refractivity contribution in [3.05, 3.63) is 207 Å². The van der Waals surface area contributed by atoms with Gasteiger partial charge >= 0.3 is 0 Å². The number of pyridine rings is 1. The largest absolute Gasteiger partial charge is 0.265 e. The highest BCUT2D eigenvalue weighted by Gasteiger charge is 2.14. The average Bonchev–Trinajstić information content (AvgIpc) is 3.27. The fourth-order valence-electron chi connectivity index (χ4n) is 6.81. The molecule has 2 heterocycles. The smallest absolute Gasteiger partial charge is 0.164 e. The lowest BCUT2D eigenvalue weighted by Gasteiger charge is -2.11. The van der Waals surface area contributed by atoms with Crippen LogP contribution in [0.25, 0.3) is 89.8 Å². The molecular weight excluding hydrogens is 657 g/mol. The predicted octanol–water partition coefficient (Wildman–Crippen LogP) is 12.6. The third kappa shape index (κ3) is 6.97. The van der Waals surface area contributed by atoms with Crippen LogP contribution >= 0.6 is 0 Å². The predicted molar refractivity (Wildman–Crippen MR) is 221 cm³/mol. The van der Waals surface area contributed by atoms with Crippen LogP contribution in [0.5, 0.6) is 0 Å². The first kappa shape index (κ1) is 32.6. The second kappa shape index (κ2) is 14.7. The molecular formula is C50H34N4. The van der Waals surface area contributed by atoms with Crippen molar-refractivity contribution in [2.75, 3.05) is 0 Å². The molecule has 9 aromatic rings. The number of aromatic nitrogens is 4. The van der Waals surface area contributed by atoms with Gasteiger partial charge in [0.25, 0.3) is 0 Å². The standard InChI is InChI=1S/C50H34N4/c1-3-11-35(12-4-1)40-15-7-16-41(31-40)42-17-8-18-43(32-42)44-19-9-20-45(33-44)46-21-10-22-47(34-46)50-53-48(38-13-5-2-6-14-38)52-49(54-50)39-25-23-36(24-26-39)37-27-29-51-30-28-37/h1-34H. The molecule has 0 unspecified atom stereocenters. The second-order valence-corrected chi connectivity index (χ2v) is 13.2. The first-order valence-corrected chi connectivity index (χ1v) is 18.0. The molecule has 0 amide bonds. The summed E-state index contributed by atoms with van der Waals surface area (Å²) in [4.78, 5) is 19.1. The van der Waals surface area contributed by atoms with Gasteiger partial charge in [0.1, 0.15) is 0 Å². The quantitative estimate of drug-likeness (QED) is 0.159. The summed E-state index contributed by atoms with van der Waals surface area (Å²) in [5.74, 6) is 1.89. The Hall–Kier alpha value is -7.30. The number of hydrogen-bond acceptors (Lipinski definition) is 4. The molecule has 0 atom stereocenters. The van der Waals surface area contributed by atoms with E-state index in [1.807, 2.05) is 54.9 Å². The van der Waals surface area contributed by atoms with E-state index in [4.69, 9.17) is 15.0 Å². The first-order chi connectivity index (χ1) is 26.7. The molecule has 0 saturated carbocycles. The number of hydrogen-bond donors (Lipinski definition) is 0. The van der Waals surface area contributed by atoms with Gasteiger partial charge in [-0.05, 0) is 92.0 Å². The van der Waals surface area contributed by atoms with Crippen molar-refractivity contribution in [3.8, 4) is 89.8 Å². The first-order valence-electron chi connectivity index (χ1n) is 18.0. The highest BCUT2D eigenvalue weighted by molar-refractivity contribution is 5.80. The Morgan fingerprint density at radius 1 is 0.204 bits per heavy atom. The molecule has 0 bridgehead atoms. The number of benzene rings is 7. The summed E-state index contributed by atoms with van der Waals surface area (Å²) in [6.45, 7) is 0. The maximum atomic E-state index is 5.03. The highest BCUT2D eigenvalue weighted by Crippen LogP contribution is 2.33. The lowest BCUT2D eigenvalue weighted by atomic mass is 9.94. The van der Waals surface area contributed by atoms with Crippen LogP contribution in [0.1, 0.15) is 0 Å². The zero-order chi connectivity index (χ0) is 36.1. The van der Waals surface area contributed by atoms with E-state index < -0.39 is 0 Å². The Balaban J connectivity index is 1.05. The van der Waals surface area contributed by atoms with Crippen LogP contribution in [0.4, 0.5) is 0 Å². The molecule has 2 aromatic heterocycles. The molecule has 0 aliphatic carbocycles. The SMILES string of the molecule is c1ccc(-c2cccc(-c3cccc(-c4cccc(-c5cccc(-c6nc(-c7ccccc7)nc(-c7ccc(-c8ccncc8)cc7)n6)c5)c4)c3)c2)cc1.